The number of aliphatic hydroxyl groups excluding tert-OH is 1. The number of carbonyl (C=O) groups is 1. The number of aliphatic carboxylic acids is 1. The quantitative estimate of drug-likeness (QED) is 0.497. The smallest absolute Gasteiger partial charge is 0.330 e. The van der Waals surface area contributed by atoms with Gasteiger partial charge in [0.1, 0.15) is 0 Å². The SMILES string of the molecule is C=C(C)C(=O)O.CCCCC(C)(CC)C(O)O. The van der Waals surface area contributed by atoms with E-state index in [1.165, 1.54) is 6.92 Å². The first-order valence-electron chi connectivity index (χ1n) is 5.96. The summed E-state index contributed by atoms with van der Waals surface area (Å²) in [6.07, 6.45) is 2.74. The van der Waals surface area contributed by atoms with Gasteiger partial charge < -0.3 is 15.3 Å². The third-order valence-electron chi connectivity index (χ3n) is 2.90. The Labute approximate surface area is 104 Å². The maximum Gasteiger partial charge on any atom is 0.330 e. The molecule has 1 unspecified atom stereocenters. The number of carboxylic acids is 1. The molecule has 17 heavy (non-hydrogen) atoms. The topological polar surface area (TPSA) is 77.8 Å². The summed E-state index contributed by atoms with van der Waals surface area (Å²) in [6.45, 7) is 10.6. The van der Waals surface area contributed by atoms with E-state index in [4.69, 9.17) is 15.3 Å². The highest BCUT2D eigenvalue weighted by Gasteiger charge is 2.28. The van der Waals surface area contributed by atoms with Gasteiger partial charge in [0.25, 0.3) is 0 Å². The van der Waals surface area contributed by atoms with Crippen LogP contribution in [-0.2, 0) is 4.79 Å². The van der Waals surface area contributed by atoms with E-state index in [0.717, 1.165) is 25.7 Å². The molecular weight excluding hydrogens is 220 g/mol. The lowest BCUT2D eigenvalue weighted by Crippen LogP contribution is -2.31. The van der Waals surface area contributed by atoms with E-state index in [-0.39, 0.29) is 11.0 Å². The average molecular weight is 246 g/mol. The summed E-state index contributed by atoms with van der Waals surface area (Å²) in [7, 11) is 0. The van der Waals surface area contributed by atoms with Crippen molar-refractivity contribution in [3.8, 4) is 0 Å². The van der Waals surface area contributed by atoms with Crippen LogP contribution in [0.15, 0.2) is 12.2 Å². The molecule has 3 N–H and O–H groups in total. The van der Waals surface area contributed by atoms with E-state index >= 15 is 0 Å². The van der Waals surface area contributed by atoms with Crippen LogP contribution in [0, 0.1) is 5.41 Å². The van der Waals surface area contributed by atoms with Crippen LogP contribution < -0.4 is 0 Å². The monoisotopic (exact) mass is 246 g/mol. The normalized spacial score (nSPS) is 13.6. The second kappa shape index (κ2) is 9.19. The highest BCUT2D eigenvalue weighted by Crippen LogP contribution is 2.30. The number of rotatable bonds is 6. The number of aliphatic hydroxyl groups is 2. The van der Waals surface area contributed by atoms with Crippen molar-refractivity contribution in [3.05, 3.63) is 12.2 Å². The fraction of sp³-hybridized carbons (Fsp3) is 0.769. The Morgan fingerprint density at radius 1 is 1.35 bits per heavy atom. The summed E-state index contributed by atoms with van der Waals surface area (Å²) < 4.78 is 0. The van der Waals surface area contributed by atoms with Crippen LogP contribution in [0.3, 0.4) is 0 Å². The maximum atomic E-state index is 9.60. The Hall–Kier alpha value is -0.870. The molecule has 0 saturated carbocycles. The highest BCUT2D eigenvalue weighted by molar-refractivity contribution is 5.84. The molecular formula is C13H26O4. The molecule has 0 radical (unpaired) electrons. The molecule has 0 saturated heterocycles. The molecule has 0 aliphatic rings. The molecule has 0 aromatic heterocycles. The summed E-state index contributed by atoms with van der Waals surface area (Å²) in [5.41, 5.74) is -0.120. The van der Waals surface area contributed by atoms with Crippen molar-refractivity contribution in [2.45, 2.75) is 59.7 Å². The number of carboxylic acid groups (broad SMARTS) is 1. The maximum absolute atomic E-state index is 9.60. The van der Waals surface area contributed by atoms with Crippen LogP contribution in [-0.4, -0.2) is 27.6 Å². The van der Waals surface area contributed by atoms with Crippen molar-refractivity contribution in [2.24, 2.45) is 5.41 Å². The number of hydrogen-bond donors (Lipinski definition) is 3. The second-order valence-corrected chi connectivity index (χ2v) is 4.57. The molecule has 0 amide bonds. The number of hydrogen-bond acceptors (Lipinski definition) is 3. The summed E-state index contributed by atoms with van der Waals surface area (Å²) in [5.74, 6) is -0.935. The van der Waals surface area contributed by atoms with Gasteiger partial charge in [-0.1, -0.05) is 40.2 Å². The molecule has 0 bridgehead atoms. The van der Waals surface area contributed by atoms with Gasteiger partial charge in [-0.3, -0.25) is 0 Å². The molecule has 0 aromatic carbocycles. The molecule has 1 atom stereocenters. The van der Waals surface area contributed by atoms with Gasteiger partial charge in [0.2, 0.25) is 0 Å². The van der Waals surface area contributed by atoms with Crippen LogP contribution in [0.1, 0.15) is 53.4 Å². The third kappa shape index (κ3) is 8.89. The standard InChI is InChI=1S/C9H20O2.C4H6O2/c1-4-6-7-9(3,5-2)8(10)11;1-3(2)4(5)6/h8,10-11H,4-7H2,1-3H3;1H2,2H3,(H,5,6). The van der Waals surface area contributed by atoms with Crippen molar-refractivity contribution in [3.63, 3.8) is 0 Å². The first-order valence-corrected chi connectivity index (χ1v) is 5.96. The predicted molar refractivity (Wildman–Crippen MR) is 68.6 cm³/mol. The lowest BCUT2D eigenvalue weighted by atomic mass is 9.82. The molecule has 4 nitrogen and oxygen atoms in total. The van der Waals surface area contributed by atoms with E-state index in [1.54, 1.807) is 0 Å². The van der Waals surface area contributed by atoms with Crippen LogP contribution >= 0.6 is 0 Å². The zero-order valence-corrected chi connectivity index (χ0v) is 11.4. The van der Waals surface area contributed by atoms with Crippen molar-refractivity contribution in [1.82, 2.24) is 0 Å². The van der Waals surface area contributed by atoms with Gasteiger partial charge in [-0.25, -0.2) is 4.79 Å². The Morgan fingerprint density at radius 3 is 1.94 bits per heavy atom. The Morgan fingerprint density at radius 2 is 1.76 bits per heavy atom. The van der Waals surface area contributed by atoms with Crippen molar-refractivity contribution in [1.29, 1.82) is 0 Å². The summed E-state index contributed by atoms with van der Waals surface area (Å²) >= 11 is 0. The van der Waals surface area contributed by atoms with Crippen molar-refractivity contribution in [2.75, 3.05) is 0 Å². The van der Waals surface area contributed by atoms with E-state index in [9.17, 15) is 4.79 Å². The van der Waals surface area contributed by atoms with Gasteiger partial charge in [0.05, 0.1) is 0 Å². The van der Waals surface area contributed by atoms with Crippen LogP contribution in [0.2, 0.25) is 0 Å². The molecule has 0 heterocycles. The summed E-state index contributed by atoms with van der Waals surface area (Å²) in [6, 6.07) is 0. The zero-order chi connectivity index (χ0) is 14.1. The molecule has 0 aliphatic carbocycles. The molecule has 102 valence electrons. The van der Waals surface area contributed by atoms with Gasteiger partial charge in [-0.2, -0.15) is 0 Å². The van der Waals surface area contributed by atoms with Crippen molar-refractivity contribution >= 4 is 5.97 Å². The molecule has 4 heteroatoms. The third-order valence-corrected chi connectivity index (χ3v) is 2.90. The molecule has 0 rings (SSSR count). The highest BCUT2D eigenvalue weighted by atomic mass is 16.5. The minimum Gasteiger partial charge on any atom is -0.478 e. The minimum absolute atomic E-state index is 0.176. The Balaban J connectivity index is 0. The average Bonchev–Trinajstić information content (AvgIpc) is 2.26. The lowest BCUT2D eigenvalue weighted by Gasteiger charge is -2.29. The molecule has 0 fully saturated rings. The zero-order valence-electron chi connectivity index (χ0n) is 11.4. The van der Waals surface area contributed by atoms with Gasteiger partial charge >= 0.3 is 5.97 Å². The van der Waals surface area contributed by atoms with Crippen LogP contribution in [0.25, 0.3) is 0 Å². The van der Waals surface area contributed by atoms with E-state index in [1.807, 2.05) is 13.8 Å². The predicted octanol–water partition coefficient (Wildman–Crippen LogP) is 2.55. The number of unbranched alkanes of at least 4 members (excludes halogenated alkanes) is 1. The summed E-state index contributed by atoms with van der Waals surface area (Å²) in [5, 5.41) is 26.0. The van der Waals surface area contributed by atoms with E-state index in [2.05, 4.69) is 13.5 Å². The van der Waals surface area contributed by atoms with Crippen molar-refractivity contribution < 1.29 is 20.1 Å². The second-order valence-electron chi connectivity index (χ2n) is 4.57. The summed E-state index contributed by atoms with van der Waals surface area (Å²) in [4.78, 5) is 9.60. The minimum atomic E-state index is -1.17. The molecule has 0 aliphatic heterocycles. The van der Waals surface area contributed by atoms with E-state index < -0.39 is 12.3 Å². The Bertz CT molecular complexity index is 224. The first kappa shape index (κ1) is 18.5. The van der Waals surface area contributed by atoms with Gasteiger partial charge in [0.15, 0.2) is 6.29 Å². The lowest BCUT2D eigenvalue weighted by molar-refractivity contribution is -0.133. The van der Waals surface area contributed by atoms with Gasteiger partial charge in [-0.15, -0.1) is 0 Å². The van der Waals surface area contributed by atoms with Gasteiger partial charge in [0, 0.05) is 11.0 Å². The first-order chi connectivity index (χ1) is 7.71. The molecule has 0 spiro atoms. The van der Waals surface area contributed by atoms with E-state index in [0.29, 0.717) is 0 Å². The largest absolute Gasteiger partial charge is 0.478 e. The Kier molecular flexibility index (Phi) is 10.00. The fourth-order valence-corrected chi connectivity index (χ4v) is 1.07. The van der Waals surface area contributed by atoms with Gasteiger partial charge in [-0.05, 0) is 19.8 Å². The molecule has 0 aromatic rings. The fourth-order valence-electron chi connectivity index (χ4n) is 1.07. The van der Waals surface area contributed by atoms with Crippen LogP contribution in [0.5, 0.6) is 0 Å². The van der Waals surface area contributed by atoms with Crippen LogP contribution in [0.4, 0.5) is 0 Å².